The van der Waals surface area contributed by atoms with Crippen LogP contribution in [0.5, 0.6) is 0 Å². The van der Waals surface area contributed by atoms with E-state index < -0.39 is 5.41 Å². The van der Waals surface area contributed by atoms with Crippen molar-refractivity contribution in [3.05, 3.63) is 29.8 Å². The molecule has 1 aliphatic carbocycles. The van der Waals surface area contributed by atoms with Crippen molar-refractivity contribution >= 4 is 17.5 Å². The van der Waals surface area contributed by atoms with E-state index in [0.29, 0.717) is 18.9 Å². The van der Waals surface area contributed by atoms with Crippen LogP contribution in [-0.4, -0.2) is 61.4 Å². The number of benzene rings is 1. The highest BCUT2D eigenvalue weighted by Gasteiger charge is 2.70. The number of amides is 2. The van der Waals surface area contributed by atoms with Crippen LogP contribution in [0.2, 0.25) is 0 Å². The Balaban J connectivity index is 1.60. The minimum Gasteiger partial charge on any atom is -0.340 e. The number of piperazine rings is 1. The van der Waals surface area contributed by atoms with Gasteiger partial charge in [-0.2, -0.15) is 0 Å². The molecule has 1 saturated heterocycles. The van der Waals surface area contributed by atoms with Gasteiger partial charge in [-0.15, -0.1) is 0 Å². The van der Waals surface area contributed by atoms with Crippen molar-refractivity contribution in [2.75, 3.05) is 44.7 Å². The summed E-state index contributed by atoms with van der Waals surface area (Å²) >= 11 is 0. The number of anilines is 1. The molecule has 1 aromatic rings. The molecule has 2 amide bonds. The van der Waals surface area contributed by atoms with Crippen molar-refractivity contribution in [2.45, 2.75) is 25.7 Å². The quantitative estimate of drug-likeness (QED) is 0.841. The second-order valence-electron chi connectivity index (χ2n) is 8.18. The number of rotatable bonds is 3. The Labute approximate surface area is 149 Å². The van der Waals surface area contributed by atoms with E-state index in [1.165, 1.54) is 0 Å². The molecular weight excluding hydrogens is 314 g/mol. The monoisotopic (exact) mass is 341 g/mol. The summed E-state index contributed by atoms with van der Waals surface area (Å²) in [7, 11) is 2.08. The van der Waals surface area contributed by atoms with Gasteiger partial charge in [0.25, 0.3) is 0 Å². The number of hydrogen-bond donors (Lipinski definition) is 0. The Morgan fingerprint density at radius 1 is 1.20 bits per heavy atom. The molecule has 4 rings (SSSR count). The number of hydrogen-bond acceptors (Lipinski definition) is 3. The van der Waals surface area contributed by atoms with Crippen LogP contribution in [0.1, 0.15) is 25.8 Å². The number of carbonyl (C=O) groups excluding carboxylic acids is 2. The number of para-hydroxylation sites is 1. The predicted molar refractivity (Wildman–Crippen MR) is 97.5 cm³/mol. The van der Waals surface area contributed by atoms with E-state index in [1.54, 1.807) is 0 Å². The molecule has 2 aliphatic heterocycles. The van der Waals surface area contributed by atoms with Crippen LogP contribution in [-0.2, 0) is 15.0 Å². The average molecular weight is 341 g/mol. The summed E-state index contributed by atoms with van der Waals surface area (Å²) in [4.78, 5) is 32.4. The van der Waals surface area contributed by atoms with E-state index in [4.69, 9.17) is 0 Å². The van der Waals surface area contributed by atoms with Crippen LogP contribution in [0.15, 0.2) is 24.3 Å². The summed E-state index contributed by atoms with van der Waals surface area (Å²) in [5.41, 5.74) is 1.48. The van der Waals surface area contributed by atoms with Gasteiger partial charge >= 0.3 is 0 Å². The Morgan fingerprint density at radius 3 is 2.56 bits per heavy atom. The molecule has 1 saturated carbocycles. The number of nitrogens with zero attached hydrogens (tertiary/aromatic N) is 3. The van der Waals surface area contributed by atoms with Gasteiger partial charge in [-0.05, 0) is 31.0 Å². The molecule has 134 valence electrons. The molecule has 0 bridgehead atoms. The molecule has 0 aromatic heterocycles. The third-order valence-electron chi connectivity index (χ3n) is 5.92. The molecule has 2 atom stereocenters. The maximum absolute atomic E-state index is 13.3. The molecule has 3 aliphatic rings. The zero-order chi connectivity index (χ0) is 17.8. The number of likely N-dealkylation sites (N-methyl/N-ethyl adjacent to an activating group) is 1. The Morgan fingerprint density at radius 2 is 1.88 bits per heavy atom. The number of carbonyl (C=O) groups is 2. The van der Waals surface area contributed by atoms with Crippen LogP contribution in [0, 0.1) is 11.8 Å². The second kappa shape index (κ2) is 5.84. The minimum atomic E-state index is -0.591. The average Bonchev–Trinajstić information content (AvgIpc) is 3.31. The largest absolute Gasteiger partial charge is 0.340 e. The van der Waals surface area contributed by atoms with E-state index in [-0.39, 0.29) is 17.7 Å². The van der Waals surface area contributed by atoms with Gasteiger partial charge in [-0.25, -0.2) is 0 Å². The van der Waals surface area contributed by atoms with Crippen LogP contribution in [0.25, 0.3) is 0 Å². The zero-order valence-electron chi connectivity index (χ0n) is 15.4. The van der Waals surface area contributed by atoms with Crippen molar-refractivity contribution in [1.82, 2.24) is 9.80 Å². The van der Waals surface area contributed by atoms with Crippen molar-refractivity contribution in [3.63, 3.8) is 0 Å². The van der Waals surface area contributed by atoms with Gasteiger partial charge < -0.3 is 14.7 Å². The van der Waals surface area contributed by atoms with Gasteiger partial charge in [0.1, 0.15) is 0 Å². The standard InChI is InChI=1S/C20H27N3O2/c1-14(2)13-23-17-7-5-4-6-15(17)20(19(23)25)12-16(20)18(24)22-10-8-21(3)9-11-22/h4-7,14,16H,8-13H2,1-3H3/t16-,20-/m1/s1. The van der Waals surface area contributed by atoms with Gasteiger partial charge in [0.2, 0.25) is 11.8 Å². The first-order valence-corrected chi connectivity index (χ1v) is 9.34. The van der Waals surface area contributed by atoms with Crippen LogP contribution >= 0.6 is 0 Å². The van der Waals surface area contributed by atoms with Crippen molar-refractivity contribution in [2.24, 2.45) is 11.8 Å². The maximum Gasteiger partial charge on any atom is 0.238 e. The fraction of sp³-hybridized carbons (Fsp3) is 0.600. The summed E-state index contributed by atoms with van der Waals surface area (Å²) in [5, 5.41) is 0. The summed E-state index contributed by atoms with van der Waals surface area (Å²) in [5.74, 6) is 0.525. The maximum atomic E-state index is 13.3. The van der Waals surface area contributed by atoms with Gasteiger partial charge in [0.15, 0.2) is 0 Å². The summed E-state index contributed by atoms with van der Waals surface area (Å²) in [6, 6.07) is 8.05. The minimum absolute atomic E-state index is 0.134. The molecule has 5 nitrogen and oxygen atoms in total. The molecule has 0 N–H and O–H groups in total. The highest BCUT2D eigenvalue weighted by molar-refractivity contribution is 6.14. The SMILES string of the molecule is CC(C)CN1C(=O)[C@]2(C[C@@H]2C(=O)N2CCN(C)CC2)c2ccccc21. The lowest BCUT2D eigenvalue weighted by Gasteiger charge is -2.33. The number of fused-ring (bicyclic) bond motifs is 2. The molecule has 0 radical (unpaired) electrons. The molecule has 1 aromatic carbocycles. The van der Waals surface area contributed by atoms with Crippen LogP contribution < -0.4 is 4.90 Å². The lowest BCUT2D eigenvalue weighted by Crippen LogP contribution is -2.48. The molecular formula is C20H27N3O2. The molecule has 0 unspecified atom stereocenters. The third-order valence-corrected chi connectivity index (χ3v) is 5.92. The molecule has 25 heavy (non-hydrogen) atoms. The first-order chi connectivity index (χ1) is 11.9. The van der Waals surface area contributed by atoms with Crippen molar-refractivity contribution in [1.29, 1.82) is 0 Å². The van der Waals surface area contributed by atoms with E-state index >= 15 is 0 Å². The lowest BCUT2D eigenvalue weighted by molar-refractivity contribution is -0.136. The zero-order valence-corrected chi connectivity index (χ0v) is 15.4. The summed E-state index contributed by atoms with van der Waals surface area (Å²) < 4.78 is 0. The molecule has 2 fully saturated rings. The topological polar surface area (TPSA) is 43.9 Å². The fourth-order valence-corrected chi connectivity index (χ4v) is 4.44. The Kier molecular flexibility index (Phi) is 3.87. The Bertz CT molecular complexity index is 709. The first kappa shape index (κ1) is 16.6. The highest BCUT2D eigenvalue weighted by Crippen LogP contribution is 2.62. The van der Waals surface area contributed by atoms with Crippen molar-refractivity contribution < 1.29 is 9.59 Å². The van der Waals surface area contributed by atoms with E-state index in [9.17, 15) is 9.59 Å². The second-order valence-corrected chi connectivity index (χ2v) is 8.18. The van der Waals surface area contributed by atoms with Gasteiger partial charge in [0, 0.05) is 38.4 Å². The summed E-state index contributed by atoms with van der Waals surface area (Å²) in [6.45, 7) is 8.33. The van der Waals surface area contributed by atoms with Crippen molar-refractivity contribution in [3.8, 4) is 0 Å². The first-order valence-electron chi connectivity index (χ1n) is 9.34. The summed E-state index contributed by atoms with van der Waals surface area (Å²) in [6.07, 6.45) is 0.669. The Hall–Kier alpha value is -1.88. The predicted octanol–water partition coefficient (Wildman–Crippen LogP) is 1.72. The highest BCUT2D eigenvalue weighted by atomic mass is 16.2. The van der Waals surface area contributed by atoms with Crippen LogP contribution in [0.3, 0.4) is 0 Å². The third kappa shape index (κ3) is 2.48. The van der Waals surface area contributed by atoms with Gasteiger partial charge in [-0.3, -0.25) is 9.59 Å². The smallest absolute Gasteiger partial charge is 0.238 e. The molecule has 2 heterocycles. The van der Waals surface area contributed by atoms with Gasteiger partial charge in [0.05, 0.1) is 11.3 Å². The molecule has 1 spiro atoms. The van der Waals surface area contributed by atoms with E-state index in [2.05, 4.69) is 25.8 Å². The fourth-order valence-electron chi connectivity index (χ4n) is 4.44. The lowest BCUT2D eigenvalue weighted by atomic mass is 9.94. The molecule has 5 heteroatoms. The van der Waals surface area contributed by atoms with E-state index in [0.717, 1.165) is 37.4 Å². The van der Waals surface area contributed by atoms with Gasteiger partial charge in [-0.1, -0.05) is 32.0 Å². The van der Waals surface area contributed by atoms with Crippen LogP contribution in [0.4, 0.5) is 5.69 Å². The normalized spacial score (nSPS) is 28.8. The van der Waals surface area contributed by atoms with E-state index in [1.807, 2.05) is 34.1 Å².